The van der Waals surface area contributed by atoms with Gasteiger partial charge in [0.1, 0.15) is 5.52 Å². The van der Waals surface area contributed by atoms with Gasteiger partial charge < -0.3 is 4.42 Å². The summed E-state index contributed by atoms with van der Waals surface area (Å²) in [6.07, 6.45) is 0. The van der Waals surface area contributed by atoms with Crippen LogP contribution >= 0.6 is 11.6 Å². The van der Waals surface area contributed by atoms with Crippen molar-refractivity contribution in [3.63, 3.8) is 0 Å². The zero-order valence-corrected chi connectivity index (χ0v) is 11.2. The van der Waals surface area contributed by atoms with E-state index < -0.39 is 10.2 Å². The smallest absolute Gasteiger partial charge is 0.271 e. The molecule has 1 heterocycles. The van der Waals surface area contributed by atoms with Crippen LogP contribution in [0, 0.1) is 10.1 Å². The summed E-state index contributed by atoms with van der Waals surface area (Å²) in [4.78, 5) is 25.6. The lowest BCUT2D eigenvalue weighted by Gasteiger charge is -1.97. The van der Waals surface area contributed by atoms with E-state index in [1.807, 2.05) is 0 Å². The normalized spacial score (nSPS) is 10.7. The van der Waals surface area contributed by atoms with Crippen molar-refractivity contribution >= 4 is 33.6 Å². The van der Waals surface area contributed by atoms with Crippen molar-refractivity contribution in [3.05, 3.63) is 58.1 Å². The standard InChI is InChI=1S/C14H7ClN2O4/c15-13(18)8-2-1-3-9(6-8)14-16-11-7-10(17(19)20)4-5-12(11)21-14/h1-7H. The number of nitro benzene ring substituents is 1. The lowest BCUT2D eigenvalue weighted by molar-refractivity contribution is -0.384. The number of hydrogen-bond donors (Lipinski definition) is 0. The maximum atomic E-state index is 11.2. The van der Waals surface area contributed by atoms with Crippen LogP contribution in [0.2, 0.25) is 0 Å². The molecule has 0 unspecified atom stereocenters. The molecule has 0 aliphatic rings. The molecule has 6 nitrogen and oxygen atoms in total. The van der Waals surface area contributed by atoms with Gasteiger partial charge in [-0.25, -0.2) is 4.98 Å². The number of carbonyl (C=O) groups excluding carboxylic acids is 1. The number of rotatable bonds is 3. The zero-order valence-electron chi connectivity index (χ0n) is 10.4. The molecule has 2 aromatic carbocycles. The Morgan fingerprint density at radius 2 is 2.05 bits per heavy atom. The highest BCUT2D eigenvalue weighted by Gasteiger charge is 2.13. The van der Waals surface area contributed by atoms with E-state index in [1.165, 1.54) is 18.2 Å². The SMILES string of the molecule is O=C(Cl)c1cccc(-c2nc3cc([N+](=O)[O-])ccc3o2)c1. The third-order valence-electron chi connectivity index (χ3n) is 2.92. The fourth-order valence-electron chi connectivity index (χ4n) is 1.93. The number of nitro groups is 1. The molecule has 0 bridgehead atoms. The van der Waals surface area contributed by atoms with Gasteiger partial charge in [0.2, 0.25) is 5.89 Å². The molecule has 0 spiro atoms. The summed E-state index contributed by atoms with van der Waals surface area (Å²) in [6, 6.07) is 10.7. The molecule has 0 saturated heterocycles. The summed E-state index contributed by atoms with van der Waals surface area (Å²) in [6.45, 7) is 0. The molecule has 0 radical (unpaired) electrons. The van der Waals surface area contributed by atoms with Crippen LogP contribution in [0.5, 0.6) is 0 Å². The van der Waals surface area contributed by atoms with E-state index in [4.69, 9.17) is 16.0 Å². The van der Waals surface area contributed by atoms with Crippen LogP contribution in [0.3, 0.4) is 0 Å². The van der Waals surface area contributed by atoms with Gasteiger partial charge in [-0.1, -0.05) is 12.1 Å². The number of fused-ring (bicyclic) bond motifs is 1. The van der Waals surface area contributed by atoms with Crippen LogP contribution in [0.1, 0.15) is 10.4 Å². The fraction of sp³-hybridized carbons (Fsp3) is 0. The van der Waals surface area contributed by atoms with Crippen molar-refractivity contribution in [1.82, 2.24) is 4.98 Å². The number of non-ortho nitro benzene ring substituents is 1. The molecule has 0 fully saturated rings. The maximum Gasteiger partial charge on any atom is 0.271 e. The second-order valence-electron chi connectivity index (χ2n) is 4.28. The molecule has 0 aliphatic heterocycles. The molecule has 0 atom stereocenters. The first-order valence-electron chi connectivity index (χ1n) is 5.90. The van der Waals surface area contributed by atoms with E-state index in [1.54, 1.807) is 24.3 Å². The Kier molecular flexibility index (Phi) is 3.15. The van der Waals surface area contributed by atoms with Crippen molar-refractivity contribution in [3.8, 4) is 11.5 Å². The van der Waals surface area contributed by atoms with Crippen LogP contribution in [-0.4, -0.2) is 15.1 Å². The Balaban J connectivity index is 2.10. The number of oxazole rings is 1. The van der Waals surface area contributed by atoms with Crippen molar-refractivity contribution in [2.24, 2.45) is 0 Å². The first-order chi connectivity index (χ1) is 10.0. The predicted molar refractivity (Wildman–Crippen MR) is 76.3 cm³/mol. The minimum atomic E-state index is -0.580. The van der Waals surface area contributed by atoms with Crippen molar-refractivity contribution in [2.75, 3.05) is 0 Å². The predicted octanol–water partition coefficient (Wildman–Crippen LogP) is 3.78. The van der Waals surface area contributed by atoms with Gasteiger partial charge in [-0.3, -0.25) is 14.9 Å². The zero-order chi connectivity index (χ0) is 15.0. The van der Waals surface area contributed by atoms with E-state index in [0.717, 1.165) is 0 Å². The summed E-state index contributed by atoms with van der Waals surface area (Å²) in [5.74, 6) is 0.269. The third-order valence-corrected chi connectivity index (χ3v) is 3.14. The molecular weight excluding hydrogens is 296 g/mol. The number of nitrogens with zero attached hydrogens (tertiary/aromatic N) is 2. The molecule has 0 N–H and O–H groups in total. The van der Waals surface area contributed by atoms with Gasteiger partial charge in [0.05, 0.1) is 4.92 Å². The molecular formula is C14H7ClN2O4. The van der Waals surface area contributed by atoms with Crippen LogP contribution in [-0.2, 0) is 0 Å². The molecule has 0 amide bonds. The van der Waals surface area contributed by atoms with Gasteiger partial charge in [0, 0.05) is 23.3 Å². The van der Waals surface area contributed by atoms with Crippen LogP contribution < -0.4 is 0 Å². The lowest BCUT2D eigenvalue weighted by atomic mass is 10.1. The Labute approximate surface area is 123 Å². The quantitative estimate of drug-likeness (QED) is 0.417. The van der Waals surface area contributed by atoms with Crippen molar-refractivity contribution in [2.45, 2.75) is 0 Å². The highest BCUT2D eigenvalue weighted by Crippen LogP contribution is 2.27. The summed E-state index contributed by atoms with van der Waals surface area (Å²) >= 11 is 5.43. The average molecular weight is 303 g/mol. The number of halogens is 1. The number of hydrogen-bond acceptors (Lipinski definition) is 5. The summed E-state index contributed by atoms with van der Waals surface area (Å²) < 4.78 is 5.54. The van der Waals surface area contributed by atoms with Gasteiger partial charge in [-0.15, -0.1) is 0 Å². The molecule has 0 saturated carbocycles. The second kappa shape index (κ2) is 4.99. The second-order valence-corrected chi connectivity index (χ2v) is 4.63. The van der Waals surface area contributed by atoms with Gasteiger partial charge in [0.25, 0.3) is 10.9 Å². The number of aromatic nitrogens is 1. The highest BCUT2D eigenvalue weighted by molar-refractivity contribution is 6.67. The molecule has 104 valence electrons. The minimum Gasteiger partial charge on any atom is -0.436 e. The minimum absolute atomic E-state index is 0.0629. The van der Waals surface area contributed by atoms with Gasteiger partial charge in [-0.2, -0.15) is 0 Å². The molecule has 1 aromatic heterocycles. The Morgan fingerprint density at radius 1 is 1.24 bits per heavy atom. The number of carbonyl (C=O) groups is 1. The molecule has 3 aromatic rings. The van der Waals surface area contributed by atoms with E-state index in [9.17, 15) is 14.9 Å². The van der Waals surface area contributed by atoms with Crippen LogP contribution in [0.4, 0.5) is 5.69 Å². The Bertz CT molecular complexity index is 872. The van der Waals surface area contributed by atoms with Crippen LogP contribution in [0.25, 0.3) is 22.6 Å². The first kappa shape index (κ1) is 13.3. The van der Waals surface area contributed by atoms with Gasteiger partial charge >= 0.3 is 0 Å². The maximum absolute atomic E-state index is 11.2. The lowest BCUT2D eigenvalue weighted by Crippen LogP contribution is -1.88. The molecule has 3 rings (SSSR count). The summed E-state index contributed by atoms with van der Waals surface area (Å²) in [7, 11) is 0. The van der Waals surface area contributed by atoms with Crippen molar-refractivity contribution < 1.29 is 14.1 Å². The summed E-state index contributed by atoms with van der Waals surface area (Å²) in [5.41, 5.74) is 1.63. The Hall–Kier alpha value is -2.73. The fourth-order valence-corrected chi connectivity index (χ4v) is 2.04. The topological polar surface area (TPSA) is 86.2 Å². The van der Waals surface area contributed by atoms with E-state index in [-0.39, 0.29) is 11.6 Å². The summed E-state index contributed by atoms with van der Waals surface area (Å²) in [5, 5.41) is 10.2. The first-order valence-corrected chi connectivity index (χ1v) is 6.27. The largest absolute Gasteiger partial charge is 0.436 e. The van der Waals surface area contributed by atoms with Gasteiger partial charge in [0.15, 0.2) is 5.58 Å². The molecule has 0 aliphatic carbocycles. The van der Waals surface area contributed by atoms with Gasteiger partial charge in [-0.05, 0) is 29.8 Å². The van der Waals surface area contributed by atoms with Crippen molar-refractivity contribution in [1.29, 1.82) is 0 Å². The third kappa shape index (κ3) is 2.48. The van der Waals surface area contributed by atoms with E-state index in [0.29, 0.717) is 22.2 Å². The monoisotopic (exact) mass is 302 g/mol. The average Bonchev–Trinajstić information content (AvgIpc) is 2.90. The van der Waals surface area contributed by atoms with E-state index in [2.05, 4.69) is 4.98 Å². The van der Waals surface area contributed by atoms with E-state index >= 15 is 0 Å². The molecule has 21 heavy (non-hydrogen) atoms. The highest BCUT2D eigenvalue weighted by atomic mass is 35.5. The Morgan fingerprint density at radius 3 is 2.76 bits per heavy atom. The molecule has 7 heteroatoms. The number of benzene rings is 2. The van der Waals surface area contributed by atoms with Crippen LogP contribution in [0.15, 0.2) is 46.9 Å².